The SMILES string of the molecule is CC1(C)OC[C@]2(OC[C@@H](O)[C@H](I)[C@H]2OCc2ccccc2)O1. The summed E-state index contributed by atoms with van der Waals surface area (Å²) in [4.78, 5) is 0. The molecule has 0 bridgehead atoms. The van der Waals surface area contributed by atoms with E-state index >= 15 is 0 Å². The van der Waals surface area contributed by atoms with Crippen molar-refractivity contribution < 1.29 is 24.1 Å². The van der Waals surface area contributed by atoms with Crippen LogP contribution < -0.4 is 0 Å². The lowest BCUT2D eigenvalue weighted by atomic mass is 10.00. The molecule has 1 spiro atoms. The van der Waals surface area contributed by atoms with Crippen LogP contribution >= 0.6 is 22.6 Å². The first-order valence-electron chi connectivity index (χ1n) is 7.38. The molecule has 1 N–H and O–H groups in total. The van der Waals surface area contributed by atoms with Crippen LogP contribution in [0, 0.1) is 0 Å². The molecule has 5 nitrogen and oxygen atoms in total. The predicted molar refractivity (Wildman–Crippen MR) is 88.6 cm³/mol. The van der Waals surface area contributed by atoms with E-state index in [2.05, 4.69) is 22.6 Å². The summed E-state index contributed by atoms with van der Waals surface area (Å²) < 4.78 is 23.5. The first-order chi connectivity index (χ1) is 10.4. The van der Waals surface area contributed by atoms with Gasteiger partial charge < -0.3 is 24.1 Å². The van der Waals surface area contributed by atoms with Gasteiger partial charge in [0.05, 0.1) is 23.2 Å². The van der Waals surface area contributed by atoms with Crippen LogP contribution in [-0.2, 0) is 25.6 Å². The van der Waals surface area contributed by atoms with Gasteiger partial charge in [0.2, 0.25) is 5.79 Å². The Morgan fingerprint density at radius 3 is 2.64 bits per heavy atom. The Labute approximate surface area is 144 Å². The second kappa shape index (κ2) is 6.33. The molecule has 0 saturated carbocycles. The highest BCUT2D eigenvalue weighted by Gasteiger charge is 2.58. The third kappa shape index (κ3) is 3.32. The fourth-order valence-corrected chi connectivity index (χ4v) is 3.75. The van der Waals surface area contributed by atoms with E-state index in [9.17, 15) is 5.11 Å². The van der Waals surface area contributed by atoms with Crippen LogP contribution in [0.2, 0.25) is 0 Å². The fourth-order valence-electron chi connectivity index (χ4n) is 2.78. The number of benzene rings is 1. The van der Waals surface area contributed by atoms with Crippen molar-refractivity contribution in [1.82, 2.24) is 0 Å². The van der Waals surface area contributed by atoms with E-state index in [-0.39, 0.29) is 10.5 Å². The van der Waals surface area contributed by atoms with E-state index in [4.69, 9.17) is 18.9 Å². The van der Waals surface area contributed by atoms with Gasteiger partial charge in [-0.2, -0.15) is 0 Å². The summed E-state index contributed by atoms with van der Waals surface area (Å²) in [5.74, 6) is -1.67. The summed E-state index contributed by atoms with van der Waals surface area (Å²) in [5.41, 5.74) is 1.07. The summed E-state index contributed by atoms with van der Waals surface area (Å²) in [6.45, 7) is 4.66. The van der Waals surface area contributed by atoms with Crippen LogP contribution in [-0.4, -0.2) is 46.0 Å². The predicted octanol–water partition coefficient (Wildman–Crippen LogP) is 2.25. The Kier molecular flexibility index (Phi) is 4.78. The first kappa shape index (κ1) is 16.6. The molecule has 1 aromatic carbocycles. The van der Waals surface area contributed by atoms with Gasteiger partial charge in [-0.15, -0.1) is 0 Å². The lowest BCUT2D eigenvalue weighted by Crippen LogP contribution is -2.61. The normalized spacial score (nSPS) is 37.5. The summed E-state index contributed by atoms with van der Waals surface area (Å²) in [5, 5.41) is 10.1. The largest absolute Gasteiger partial charge is 0.390 e. The molecule has 2 aliphatic heterocycles. The van der Waals surface area contributed by atoms with Gasteiger partial charge in [-0.25, -0.2) is 0 Å². The maximum absolute atomic E-state index is 10.1. The molecule has 2 saturated heterocycles. The van der Waals surface area contributed by atoms with E-state index in [0.717, 1.165) is 5.56 Å². The van der Waals surface area contributed by atoms with Crippen molar-refractivity contribution in [1.29, 1.82) is 0 Å². The van der Waals surface area contributed by atoms with Crippen molar-refractivity contribution in [3.8, 4) is 0 Å². The van der Waals surface area contributed by atoms with Crippen molar-refractivity contribution in [3.05, 3.63) is 35.9 Å². The van der Waals surface area contributed by atoms with Crippen molar-refractivity contribution in [3.63, 3.8) is 0 Å². The van der Waals surface area contributed by atoms with Gasteiger partial charge >= 0.3 is 0 Å². The second-order valence-corrected chi connectivity index (χ2v) is 7.58. The number of halogens is 1. The van der Waals surface area contributed by atoms with Gasteiger partial charge in [0.1, 0.15) is 12.7 Å². The second-order valence-electron chi connectivity index (χ2n) is 6.14. The average Bonchev–Trinajstić information content (AvgIpc) is 2.81. The van der Waals surface area contributed by atoms with E-state index in [0.29, 0.717) is 13.2 Å². The van der Waals surface area contributed by atoms with Gasteiger partial charge in [0, 0.05) is 0 Å². The maximum Gasteiger partial charge on any atom is 0.222 e. The van der Waals surface area contributed by atoms with Crippen LogP contribution in [0.4, 0.5) is 0 Å². The summed E-state index contributed by atoms with van der Waals surface area (Å²) in [7, 11) is 0. The number of aliphatic hydroxyl groups is 1. The van der Waals surface area contributed by atoms with Gasteiger partial charge in [-0.05, 0) is 19.4 Å². The Morgan fingerprint density at radius 2 is 2.00 bits per heavy atom. The number of ether oxygens (including phenoxy) is 4. The maximum atomic E-state index is 10.1. The lowest BCUT2D eigenvalue weighted by Gasteiger charge is -2.44. The molecule has 0 aromatic heterocycles. The minimum absolute atomic E-state index is 0.132. The highest BCUT2D eigenvalue weighted by molar-refractivity contribution is 14.1. The van der Waals surface area contributed by atoms with Gasteiger partial charge in [-0.1, -0.05) is 52.9 Å². The van der Waals surface area contributed by atoms with E-state index < -0.39 is 23.8 Å². The fraction of sp³-hybridized carbons (Fsp3) is 0.625. The number of hydrogen-bond acceptors (Lipinski definition) is 5. The third-order valence-electron chi connectivity index (χ3n) is 3.90. The standard InChI is InChI=1S/C16H21IO5/c1-15(2)21-10-16(22-15)14(13(17)12(18)9-20-16)19-8-11-6-4-3-5-7-11/h3-7,12-14,18H,8-10H2,1-2H3/t12-,13+,14-,16+/m1/s1. The zero-order valence-corrected chi connectivity index (χ0v) is 14.9. The van der Waals surface area contributed by atoms with Crippen LogP contribution in [0.15, 0.2) is 30.3 Å². The number of aliphatic hydroxyl groups excluding tert-OH is 1. The minimum atomic E-state index is -0.955. The molecule has 22 heavy (non-hydrogen) atoms. The monoisotopic (exact) mass is 420 g/mol. The van der Waals surface area contributed by atoms with Crippen LogP contribution in [0.25, 0.3) is 0 Å². The Balaban J connectivity index is 1.77. The molecule has 2 aliphatic rings. The summed E-state index contributed by atoms with van der Waals surface area (Å²) in [6.07, 6.45) is -0.988. The molecule has 2 heterocycles. The molecular weight excluding hydrogens is 399 g/mol. The highest BCUT2D eigenvalue weighted by Crippen LogP contribution is 2.42. The summed E-state index contributed by atoms with van der Waals surface area (Å²) >= 11 is 2.21. The third-order valence-corrected chi connectivity index (χ3v) is 5.38. The molecule has 3 rings (SSSR count). The van der Waals surface area contributed by atoms with Crippen molar-refractivity contribution >= 4 is 22.6 Å². The first-order valence-corrected chi connectivity index (χ1v) is 8.62. The topological polar surface area (TPSA) is 57.2 Å². The Bertz CT molecular complexity index is 509. The van der Waals surface area contributed by atoms with E-state index in [1.165, 1.54) is 0 Å². The molecule has 0 amide bonds. The lowest BCUT2D eigenvalue weighted by molar-refractivity contribution is -0.321. The van der Waals surface area contributed by atoms with Crippen LogP contribution in [0.5, 0.6) is 0 Å². The van der Waals surface area contributed by atoms with E-state index in [1.54, 1.807) is 0 Å². The summed E-state index contributed by atoms with van der Waals surface area (Å²) in [6, 6.07) is 9.92. The van der Waals surface area contributed by atoms with Crippen LogP contribution in [0.3, 0.4) is 0 Å². The molecule has 0 unspecified atom stereocenters. The smallest absolute Gasteiger partial charge is 0.222 e. The van der Waals surface area contributed by atoms with Gasteiger partial charge in [0.25, 0.3) is 0 Å². The van der Waals surface area contributed by atoms with Crippen LogP contribution in [0.1, 0.15) is 19.4 Å². The van der Waals surface area contributed by atoms with Crippen molar-refractivity contribution in [2.75, 3.05) is 13.2 Å². The minimum Gasteiger partial charge on any atom is -0.390 e. The molecule has 122 valence electrons. The molecular formula is C16H21IO5. The van der Waals surface area contributed by atoms with Gasteiger partial charge in [0.15, 0.2) is 5.79 Å². The highest BCUT2D eigenvalue weighted by atomic mass is 127. The van der Waals surface area contributed by atoms with Crippen molar-refractivity contribution in [2.24, 2.45) is 0 Å². The van der Waals surface area contributed by atoms with Gasteiger partial charge in [-0.3, -0.25) is 0 Å². The average molecular weight is 420 g/mol. The quantitative estimate of drug-likeness (QED) is 0.601. The van der Waals surface area contributed by atoms with E-state index in [1.807, 2.05) is 44.2 Å². The Morgan fingerprint density at radius 1 is 1.27 bits per heavy atom. The zero-order valence-electron chi connectivity index (χ0n) is 12.7. The molecule has 2 fully saturated rings. The molecule has 1 aromatic rings. The zero-order chi connectivity index (χ0) is 15.8. The van der Waals surface area contributed by atoms with Crippen molar-refractivity contribution in [2.45, 2.75) is 48.2 Å². The molecule has 0 radical (unpaired) electrons. The number of alkyl halides is 1. The number of rotatable bonds is 3. The molecule has 4 atom stereocenters. The molecule has 6 heteroatoms. The number of hydrogen-bond donors (Lipinski definition) is 1. The molecule has 0 aliphatic carbocycles. The Hall–Kier alpha value is -0.250.